The molecule has 0 aliphatic carbocycles. The molecule has 0 aromatic heterocycles. The lowest BCUT2D eigenvalue weighted by Crippen LogP contribution is -2.24. The molecule has 5 heteroatoms. The van der Waals surface area contributed by atoms with Gasteiger partial charge < -0.3 is 15.3 Å². The largest absolute Gasteiger partial charge is 0.378 e. The third-order valence-corrected chi connectivity index (χ3v) is 2.96. The van der Waals surface area contributed by atoms with Crippen LogP contribution < -0.4 is 10.2 Å². The minimum absolute atomic E-state index is 0.267. The van der Waals surface area contributed by atoms with Crippen LogP contribution >= 0.6 is 0 Å². The van der Waals surface area contributed by atoms with Gasteiger partial charge in [-0.2, -0.15) is 0 Å². The van der Waals surface area contributed by atoms with E-state index < -0.39 is 17.8 Å². The Kier molecular flexibility index (Phi) is 3.66. The fourth-order valence-electron chi connectivity index (χ4n) is 2.08. The van der Waals surface area contributed by atoms with Crippen molar-refractivity contribution in [3.05, 3.63) is 48.8 Å². The third-order valence-electron chi connectivity index (χ3n) is 2.96. The SMILES string of the molecule is C=CCN(CC=C)c1cc2c(cc1F)C(O)C(=O)N2. The van der Waals surface area contributed by atoms with Crippen molar-refractivity contribution in [2.75, 3.05) is 23.3 Å². The molecule has 0 saturated carbocycles. The molecule has 1 aliphatic heterocycles. The topological polar surface area (TPSA) is 52.6 Å². The summed E-state index contributed by atoms with van der Waals surface area (Å²) in [4.78, 5) is 13.1. The number of aliphatic hydroxyl groups excluding tert-OH is 1. The third kappa shape index (κ3) is 2.37. The summed E-state index contributed by atoms with van der Waals surface area (Å²) >= 11 is 0. The van der Waals surface area contributed by atoms with Crippen molar-refractivity contribution in [3.63, 3.8) is 0 Å². The molecule has 1 aliphatic rings. The summed E-state index contributed by atoms with van der Waals surface area (Å²) in [5.41, 5.74) is 1.04. The van der Waals surface area contributed by atoms with Gasteiger partial charge >= 0.3 is 0 Å². The van der Waals surface area contributed by atoms with E-state index >= 15 is 0 Å². The predicted octanol–water partition coefficient (Wildman–Crippen LogP) is 1.99. The number of carbonyl (C=O) groups excluding carboxylic acids is 1. The maximum Gasteiger partial charge on any atom is 0.257 e. The minimum Gasteiger partial charge on any atom is -0.378 e. The molecular weight excluding hydrogens is 247 g/mol. The van der Waals surface area contributed by atoms with Crippen LogP contribution in [0, 0.1) is 5.82 Å². The highest BCUT2D eigenvalue weighted by molar-refractivity contribution is 6.02. The maximum atomic E-state index is 14.1. The number of fused-ring (bicyclic) bond motifs is 1. The second-order valence-electron chi connectivity index (χ2n) is 4.26. The Balaban J connectivity index is 2.42. The van der Waals surface area contributed by atoms with E-state index in [-0.39, 0.29) is 5.56 Å². The first kappa shape index (κ1) is 13.3. The molecule has 1 unspecified atom stereocenters. The molecule has 1 heterocycles. The van der Waals surface area contributed by atoms with E-state index in [1.54, 1.807) is 17.1 Å². The van der Waals surface area contributed by atoms with Gasteiger partial charge in [0.1, 0.15) is 5.82 Å². The van der Waals surface area contributed by atoms with E-state index in [9.17, 15) is 14.3 Å². The van der Waals surface area contributed by atoms with Gasteiger partial charge in [0.15, 0.2) is 6.10 Å². The number of hydrogen-bond donors (Lipinski definition) is 2. The number of benzene rings is 1. The Morgan fingerprint density at radius 2 is 2.00 bits per heavy atom. The summed E-state index contributed by atoms with van der Waals surface area (Å²) in [5, 5.41) is 12.1. The fourth-order valence-corrected chi connectivity index (χ4v) is 2.08. The molecule has 100 valence electrons. The summed E-state index contributed by atoms with van der Waals surface area (Å²) in [6, 6.07) is 2.71. The standard InChI is InChI=1S/C14H15FN2O2/c1-3-5-17(6-4-2)12-8-11-9(7-10(12)15)13(18)14(19)16-11/h3-4,7-8,13,18H,1-2,5-6H2,(H,16,19). The van der Waals surface area contributed by atoms with Crippen molar-refractivity contribution in [1.82, 2.24) is 0 Å². The molecule has 1 atom stereocenters. The van der Waals surface area contributed by atoms with Crippen LogP contribution in [0.4, 0.5) is 15.8 Å². The van der Waals surface area contributed by atoms with Crippen molar-refractivity contribution in [3.8, 4) is 0 Å². The zero-order chi connectivity index (χ0) is 14.0. The first-order valence-electron chi connectivity index (χ1n) is 5.87. The van der Waals surface area contributed by atoms with E-state index in [0.717, 1.165) is 0 Å². The second-order valence-corrected chi connectivity index (χ2v) is 4.26. The molecule has 1 amide bonds. The Labute approximate surface area is 110 Å². The van der Waals surface area contributed by atoms with Crippen molar-refractivity contribution in [2.24, 2.45) is 0 Å². The molecule has 0 bridgehead atoms. The van der Waals surface area contributed by atoms with Crippen LogP contribution in [0.15, 0.2) is 37.4 Å². The number of hydrogen-bond acceptors (Lipinski definition) is 3. The number of anilines is 2. The lowest BCUT2D eigenvalue weighted by Gasteiger charge is -2.23. The molecule has 0 radical (unpaired) electrons. The monoisotopic (exact) mass is 262 g/mol. The van der Waals surface area contributed by atoms with Gasteiger partial charge in [0, 0.05) is 24.3 Å². The van der Waals surface area contributed by atoms with Crippen molar-refractivity contribution in [1.29, 1.82) is 0 Å². The highest BCUT2D eigenvalue weighted by Gasteiger charge is 2.30. The van der Waals surface area contributed by atoms with Crippen molar-refractivity contribution >= 4 is 17.3 Å². The summed E-state index contributed by atoms with van der Waals surface area (Å²) in [6.45, 7) is 8.17. The first-order chi connectivity index (χ1) is 9.08. The zero-order valence-electron chi connectivity index (χ0n) is 10.4. The van der Waals surface area contributed by atoms with Crippen LogP contribution in [0.5, 0.6) is 0 Å². The normalized spacial score (nSPS) is 16.7. The molecule has 0 saturated heterocycles. The van der Waals surface area contributed by atoms with Gasteiger partial charge in [-0.1, -0.05) is 12.2 Å². The fraction of sp³-hybridized carbons (Fsp3) is 0.214. The lowest BCUT2D eigenvalue weighted by atomic mass is 10.1. The number of aliphatic hydroxyl groups is 1. The van der Waals surface area contributed by atoms with Gasteiger partial charge in [0.25, 0.3) is 5.91 Å². The predicted molar refractivity (Wildman–Crippen MR) is 72.6 cm³/mol. The van der Waals surface area contributed by atoms with E-state index in [0.29, 0.717) is 24.5 Å². The first-order valence-corrected chi connectivity index (χ1v) is 5.87. The van der Waals surface area contributed by atoms with Gasteiger partial charge in [0.05, 0.1) is 5.69 Å². The van der Waals surface area contributed by atoms with E-state index in [1.165, 1.54) is 12.1 Å². The number of amides is 1. The van der Waals surface area contributed by atoms with Crippen LogP contribution in [0.25, 0.3) is 0 Å². The lowest BCUT2D eigenvalue weighted by molar-refractivity contribution is -0.123. The smallest absolute Gasteiger partial charge is 0.257 e. The van der Waals surface area contributed by atoms with Crippen LogP contribution in [0.1, 0.15) is 11.7 Å². The number of nitrogens with one attached hydrogen (secondary N) is 1. The molecular formula is C14H15FN2O2. The molecule has 1 aromatic rings. The highest BCUT2D eigenvalue weighted by Crippen LogP contribution is 2.35. The number of carbonyl (C=O) groups is 1. The summed E-state index contributed by atoms with van der Waals surface area (Å²) in [6.07, 6.45) is 2.01. The van der Waals surface area contributed by atoms with Gasteiger partial charge in [-0.3, -0.25) is 4.79 Å². The minimum atomic E-state index is -1.30. The van der Waals surface area contributed by atoms with Crippen molar-refractivity contribution < 1.29 is 14.3 Å². The van der Waals surface area contributed by atoms with Crippen LogP contribution in [0.3, 0.4) is 0 Å². The molecule has 2 N–H and O–H groups in total. The van der Waals surface area contributed by atoms with Gasteiger partial charge in [-0.15, -0.1) is 13.2 Å². The van der Waals surface area contributed by atoms with Gasteiger partial charge in [-0.25, -0.2) is 4.39 Å². The van der Waals surface area contributed by atoms with Gasteiger partial charge in [-0.05, 0) is 12.1 Å². The Bertz CT molecular complexity index is 532. The molecule has 4 nitrogen and oxygen atoms in total. The van der Waals surface area contributed by atoms with Crippen LogP contribution in [-0.2, 0) is 4.79 Å². The van der Waals surface area contributed by atoms with Gasteiger partial charge in [0.2, 0.25) is 0 Å². The quantitative estimate of drug-likeness (QED) is 0.798. The van der Waals surface area contributed by atoms with E-state index in [4.69, 9.17) is 0 Å². The average Bonchev–Trinajstić information content (AvgIpc) is 2.64. The molecule has 1 aromatic carbocycles. The Hall–Kier alpha value is -2.14. The summed E-state index contributed by atoms with van der Waals surface area (Å²) in [7, 11) is 0. The summed E-state index contributed by atoms with van der Waals surface area (Å²) < 4.78 is 14.1. The molecule has 2 rings (SSSR count). The number of nitrogens with zero attached hydrogens (tertiary/aromatic N) is 1. The number of rotatable bonds is 5. The second kappa shape index (κ2) is 5.24. The highest BCUT2D eigenvalue weighted by atomic mass is 19.1. The zero-order valence-corrected chi connectivity index (χ0v) is 10.4. The van der Waals surface area contributed by atoms with Crippen LogP contribution in [-0.4, -0.2) is 24.1 Å². The number of halogens is 1. The van der Waals surface area contributed by atoms with Crippen LogP contribution in [0.2, 0.25) is 0 Å². The summed E-state index contributed by atoms with van der Waals surface area (Å²) in [5.74, 6) is -1.02. The molecule has 0 fully saturated rings. The molecule has 19 heavy (non-hydrogen) atoms. The van der Waals surface area contributed by atoms with E-state index in [2.05, 4.69) is 18.5 Å². The molecule has 0 spiro atoms. The van der Waals surface area contributed by atoms with Crippen molar-refractivity contribution in [2.45, 2.75) is 6.10 Å². The Morgan fingerprint density at radius 1 is 1.37 bits per heavy atom. The van der Waals surface area contributed by atoms with E-state index in [1.807, 2.05) is 0 Å². The average molecular weight is 262 g/mol. The Morgan fingerprint density at radius 3 is 2.58 bits per heavy atom. The maximum absolute atomic E-state index is 14.1.